The lowest BCUT2D eigenvalue weighted by Gasteiger charge is -2.44. The maximum Gasteiger partial charge on any atom is 0.151 e. The molecule has 0 saturated carbocycles. The van der Waals surface area contributed by atoms with Crippen molar-refractivity contribution < 1.29 is 0 Å². The second-order valence-electron chi connectivity index (χ2n) is 6.39. The Morgan fingerprint density at radius 3 is 2.86 bits per heavy atom. The lowest BCUT2D eigenvalue weighted by Crippen LogP contribution is -2.58. The van der Waals surface area contributed by atoms with Crippen LogP contribution in [0.1, 0.15) is 23.4 Å². The van der Waals surface area contributed by atoms with Crippen LogP contribution in [-0.4, -0.2) is 56.3 Å². The van der Waals surface area contributed by atoms with Crippen molar-refractivity contribution in [3.63, 3.8) is 0 Å². The second kappa shape index (κ2) is 5.31. The van der Waals surface area contributed by atoms with Gasteiger partial charge < -0.3 is 4.90 Å². The first kappa shape index (κ1) is 13.6. The summed E-state index contributed by atoms with van der Waals surface area (Å²) in [6.45, 7) is 2.84. The van der Waals surface area contributed by atoms with Crippen LogP contribution in [0.15, 0.2) is 12.3 Å². The van der Waals surface area contributed by atoms with Crippen molar-refractivity contribution in [3.05, 3.63) is 29.2 Å². The molecule has 4 rings (SSSR count). The number of hydrogen-bond acceptors (Lipinski definition) is 6. The average Bonchev–Trinajstić information content (AvgIpc) is 3.05. The van der Waals surface area contributed by atoms with Crippen LogP contribution in [0, 0.1) is 0 Å². The Balaban J connectivity index is 1.35. The molecule has 0 spiro atoms. The van der Waals surface area contributed by atoms with Crippen LogP contribution in [0.5, 0.6) is 0 Å². The summed E-state index contributed by atoms with van der Waals surface area (Å²) >= 11 is 0. The van der Waals surface area contributed by atoms with Crippen LogP contribution in [-0.2, 0) is 26.4 Å². The SMILES string of the molecule is CN(Cc1cn(C)nn1)C1CN(c2cc3c(nn2)CCC3)C1. The Bertz CT molecular complexity index is 674. The fourth-order valence-corrected chi connectivity index (χ4v) is 3.25. The van der Waals surface area contributed by atoms with E-state index < -0.39 is 0 Å². The standard InChI is InChI=1S/C15H21N7/c1-20(7-12-8-21(2)19-16-12)13-9-22(10-13)15-6-11-4-3-5-14(11)17-18-15/h6,8,13H,3-5,7,9-10H2,1-2H3. The zero-order chi connectivity index (χ0) is 15.1. The normalized spacial score (nSPS) is 17.9. The number of fused-ring (bicyclic) bond motifs is 1. The van der Waals surface area contributed by atoms with Crippen LogP contribution in [0.4, 0.5) is 5.82 Å². The van der Waals surface area contributed by atoms with Gasteiger partial charge in [0.2, 0.25) is 0 Å². The number of rotatable bonds is 4. The third kappa shape index (κ3) is 2.45. The summed E-state index contributed by atoms with van der Waals surface area (Å²) in [4.78, 5) is 4.64. The van der Waals surface area contributed by atoms with Crippen molar-refractivity contribution in [3.8, 4) is 0 Å². The summed E-state index contributed by atoms with van der Waals surface area (Å²) in [5.74, 6) is 1.03. The third-order valence-electron chi connectivity index (χ3n) is 4.68. The minimum atomic E-state index is 0.539. The molecule has 0 atom stereocenters. The van der Waals surface area contributed by atoms with Gasteiger partial charge in [-0.15, -0.1) is 10.2 Å². The van der Waals surface area contributed by atoms with Crippen LogP contribution < -0.4 is 4.90 Å². The van der Waals surface area contributed by atoms with Crippen LogP contribution in [0.2, 0.25) is 0 Å². The maximum atomic E-state index is 4.39. The van der Waals surface area contributed by atoms with E-state index in [1.807, 2.05) is 13.2 Å². The van der Waals surface area contributed by atoms with E-state index in [1.165, 1.54) is 17.7 Å². The Labute approximate surface area is 129 Å². The molecule has 7 nitrogen and oxygen atoms in total. The van der Waals surface area contributed by atoms with Gasteiger partial charge in [0, 0.05) is 38.9 Å². The third-order valence-corrected chi connectivity index (χ3v) is 4.68. The molecule has 3 heterocycles. The van der Waals surface area contributed by atoms with Crippen molar-refractivity contribution in [2.45, 2.75) is 31.8 Å². The van der Waals surface area contributed by atoms with Gasteiger partial charge in [0.05, 0.1) is 11.4 Å². The Morgan fingerprint density at radius 1 is 1.23 bits per heavy atom. The van der Waals surface area contributed by atoms with E-state index in [0.717, 1.165) is 44.0 Å². The van der Waals surface area contributed by atoms with E-state index in [2.05, 4.69) is 43.4 Å². The van der Waals surface area contributed by atoms with E-state index >= 15 is 0 Å². The van der Waals surface area contributed by atoms with E-state index in [1.54, 1.807) is 4.68 Å². The molecular weight excluding hydrogens is 278 g/mol. The minimum Gasteiger partial charge on any atom is -0.352 e. The molecular formula is C15H21N7. The van der Waals surface area contributed by atoms with E-state index in [0.29, 0.717) is 6.04 Å². The number of anilines is 1. The molecule has 2 aliphatic rings. The minimum absolute atomic E-state index is 0.539. The summed E-state index contributed by atoms with van der Waals surface area (Å²) in [5.41, 5.74) is 3.60. The predicted molar refractivity (Wildman–Crippen MR) is 82.5 cm³/mol. The number of aromatic nitrogens is 5. The molecule has 1 fully saturated rings. The highest BCUT2D eigenvalue weighted by Gasteiger charge is 2.32. The Kier molecular flexibility index (Phi) is 3.29. The fourth-order valence-electron chi connectivity index (χ4n) is 3.25. The van der Waals surface area contributed by atoms with Gasteiger partial charge in [-0.3, -0.25) is 9.58 Å². The van der Waals surface area contributed by atoms with Gasteiger partial charge in [-0.25, -0.2) is 0 Å². The van der Waals surface area contributed by atoms with Gasteiger partial charge >= 0.3 is 0 Å². The van der Waals surface area contributed by atoms with E-state index in [-0.39, 0.29) is 0 Å². The highest BCUT2D eigenvalue weighted by Crippen LogP contribution is 2.26. The predicted octanol–water partition coefficient (Wildman–Crippen LogP) is 0.414. The molecule has 0 radical (unpaired) electrons. The Morgan fingerprint density at radius 2 is 2.09 bits per heavy atom. The molecule has 116 valence electrons. The van der Waals surface area contributed by atoms with Gasteiger partial charge in [0.1, 0.15) is 0 Å². The molecule has 22 heavy (non-hydrogen) atoms. The van der Waals surface area contributed by atoms with Gasteiger partial charge in [0.15, 0.2) is 5.82 Å². The van der Waals surface area contributed by atoms with Crippen molar-refractivity contribution in [2.24, 2.45) is 7.05 Å². The van der Waals surface area contributed by atoms with Crippen LogP contribution in [0.3, 0.4) is 0 Å². The van der Waals surface area contributed by atoms with Crippen molar-refractivity contribution >= 4 is 5.82 Å². The van der Waals surface area contributed by atoms with Gasteiger partial charge in [-0.2, -0.15) is 5.10 Å². The number of aryl methyl sites for hydroxylation is 3. The first-order valence-electron chi connectivity index (χ1n) is 7.85. The molecule has 0 aromatic carbocycles. The lowest BCUT2D eigenvalue weighted by atomic mass is 10.1. The first-order chi connectivity index (χ1) is 10.7. The monoisotopic (exact) mass is 299 g/mol. The molecule has 0 unspecified atom stereocenters. The zero-order valence-electron chi connectivity index (χ0n) is 13.1. The number of nitrogens with zero attached hydrogens (tertiary/aromatic N) is 7. The molecule has 2 aromatic rings. The van der Waals surface area contributed by atoms with E-state index in [4.69, 9.17) is 0 Å². The van der Waals surface area contributed by atoms with Crippen LogP contribution >= 0.6 is 0 Å². The molecule has 0 amide bonds. The summed E-state index contributed by atoms with van der Waals surface area (Å²) in [6.07, 6.45) is 5.43. The van der Waals surface area contributed by atoms with Gasteiger partial charge in [-0.1, -0.05) is 5.21 Å². The van der Waals surface area contributed by atoms with Crippen molar-refractivity contribution in [1.82, 2.24) is 30.1 Å². The molecule has 1 aliphatic carbocycles. The number of likely N-dealkylation sites (N-methyl/N-ethyl adjacent to an activating group) is 1. The second-order valence-corrected chi connectivity index (χ2v) is 6.39. The summed E-state index contributed by atoms with van der Waals surface area (Å²) < 4.78 is 1.75. The quantitative estimate of drug-likeness (QED) is 0.815. The molecule has 0 N–H and O–H groups in total. The molecule has 0 bridgehead atoms. The summed E-state index contributed by atoms with van der Waals surface area (Å²) in [7, 11) is 4.04. The molecule has 1 saturated heterocycles. The topological polar surface area (TPSA) is 63.0 Å². The summed E-state index contributed by atoms with van der Waals surface area (Å²) in [5, 5.41) is 16.9. The molecule has 1 aliphatic heterocycles. The highest BCUT2D eigenvalue weighted by molar-refractivity contribution is 5.45. The smallest absolute Gasteiger partial charge is 0.151 e. The lowest BCUT2D eigenvalue weighted by molar-refractivity contribution is 0.194. The average molecular weight is 299 g/mol. The zero-order valence-corrected chi connectivity index (χ0v) is 13.1. The maximum absolute atomic E-state index is 4.39. The van der Waals surface area contributed by atoms with Gasteiger partial charge in [0.25, 0.3) is 0 Å². The fraction of sp³-hybridized carbons (Fsp3) is 0.600. The van der Waals surface area contributed by atoms with Crippen molar-refractivity contribution in [2.75, 3.05) is 25.0 Å². The molecule has 2 aromatic heterocycles. The van der Waals surface area contributed by atoms with E-state index in [9.17, 15) is 0 Å². The number of hydrogen-bond donors (Lipinski definition) is 0. The summed E-state index contributed by atoms with van der Waals surface area (Å²) in [6, 6.07) is 2.77. The molecule has 7 heteroatoms. The van der Waals surface area contributed by atoms with Crippen molar-refractivity contribution in [1.29, 1.82) is 0 Å². The largest absolute Gasteiger partial charge is 0.352 e. The van der Waals surface area contributed by atoms with Gasteiger partial charge in [-0.05, 0) is 37.9 Å². The van der Waals surface area contributed by atoms with Crippen LogP contribution in [0.25, 0.3) is 0 Å². The first-order valence-corrected chi connectivity index (χ1v) is 7.85. The highest BCUT2D eigenvalue weighted by atomic mass is 15.4. The Hall–Kier alpha value is -2.02.